The van der Waals surface area contributed by atoms with Gasteiger partial charge in [0, 0.05) is 52.4 Å². The lowest BCUT2D eigenvalue weighted by Gasteiger charge is -2.20. The highest BCUT2D eigenvalue weighted by atomic mass is 35.5. The zero-order valence-corrected chi connectivity index (χ0v) is 27.2. The fourth-order valence-electron chi connectivity index (χ4n) is 5.66. The average molecular weight is 664 g/mol. The van der Waals surface area contributed by atoms with Gasteiger partial charge < -0.3 is 10.4 Å². The zero-order valence-electron chi connectivity index (χ0n) is 24.8. The Bertz CT molecular complexity index is 1850. The van der Waals surface area contributed by atoms with Crippen LogP contribution in [0.3, 0.4) is 0 Å². The predicted octanol–water partition coefficient (Wildman–Crippen LogP) is 6.17. The van der Waals surface area contributed by atoms with Gasteiger partial charge in [0.2, 0.25) is 5.69 Å². The van der Waals surface area contributed by atoms with E-state index in [-0.39, 0.29) is 16.2 Å². The van der Waals surface area contributed by atoms with Crippen LogP contribution >= 0.6 is 11.6 Å². The summed E-state index contributed by atoms with van der Waals surface area (Å²) in [6.07, 6.45) is 9.14. The summed E-state index contributed by atoms with van der Waals surface area (Å²) in [6.45, 7) is 8.31. The first-order valence-corrected chi connectivity index (χ1v) is 17.2. The van der Waals surface area contributed by atoms with Crippen LogP contribution in [0, 0.1) is 0 Å². The van der Waals surface area contributed by atoms with Crippen molar-refractivity contribution in [2.24, 2.45) is 0 Å². The second-order valence-corrected chi connectivity index (χ2v) is 15.2. The highest BCUT2D eigenvalue weighted by Crippen LogP contribution is 2.44. The van der Waals surface area contributed by atoms with Gasteiger partial charge in [0.05, 0.1) is 15.2 Å². The van der Waals surface area contributed by atoms with E-state index in [1.165, 1.54) is 24.3 Å². The van der Waals surface area contributed by atoms with Crippen molar-refractivity contribution < 1.29 is 40.4 Å². The zero-order chi connectivity index (χ0) is 32.7. The molecule has 0 amide bonds. The van der Waals surface area contributed by atoms with Crippen molar-refractivity contribution in [2.75, 3.05) is 11.9 Å². The molecule has 4 rings (SSSR count). The Balaban J connectivity index is 1.64. The second-order valence-electron chi connectivity index (χ2n) is 11.9. The molecule has 10 nitrogen and oxygen atoms in total. The van der Waals surface area contributed by atoms with Gasteiger partial charge in [0.1, 0.15) is 6.54 Å². The lowest BCUT2D eigenvalue weighted by molar-refractivity contribution is -0.438. The van der Waals surface area contributed by atoms with Gasteiger partial charge in [-0.1, -0.05) is 25.4 Å². The van der Waals surface area contributed by atoms with Gasteiger partial charge in [-0.15, -0.1) is 0 Å². The number of anilines is 1. The van der Waals surface area contributed by atoms with Crippen LogP contribution in [0.4, 0.5) is 11.4 Å². The Hall–Kier alpha value is -3.29. The fraction of sp³-hybridized carbons (Fsp3) is 0.355. The topological polar surface area (TPSA) is 161 Å². The van der Waals surface area contributed by atoms with Crippen LogP contribution in [0.5, 0.6) is 0 Å². The van der Waals surface area contributed by atoms with Crippen LogP contribution < -0.4 is 5.32 Å². The molecule has 13 heteroatoms. The van der Waals surface area contributed by atoms with Crippen molar-refractivity contribution in [3.63, 3.8) is 0 Å². The number of hydrogen-bond acceptors (Lipinski definition) is 6. The van der Waals surface area contributed by atoms with Gasteiger partial charge in [-0.05, 0) is 80.8 Å². The van der Waals surface area contributed by atoms with E-state index in [1.807, 2.05) is 33.8 Å². The van der Waals surface area contributed by atoms with Crippen LogP contribution in [0.1, 0.15) is 64.5 Å². The Kier molecular flexibility index (Phi) is 9.35. The maximum absolute atomic E-state index is 11.9. The monoisotopic (exact) mass is 663 g/mol. The van der Waals surface area contributed by atoms with Crippen molar-refractivity contribution in [3.8, 4) is 0 Å². The van der Waals surface area contributed by atoms with Crippen LogP contribution in [0.2, 0.25) is 0 Å². The van der Waals surface area contributed by atoms with E-state index in [1.54, 1.807) is 30.4 Å². The van der Waals surface area contributed by atoms with E-state index in [4.69, 9.17) is 16.7 Å². The van der Waals surface area contributed by atoms with Gasteiger partial charge >= 0.3 is 5.97 Å². The maximum Gasteiger partial charge on any atom is 0.303 e. The number of halogens is 1. The summed E-state index contributed by atoms with van der Waals surface area (Å²) in [6, 6.07) is 8.89. The Morgan fingerprint density at radius 2 is 1.52 bits per heavy atom. The van der Waals surface area contributed by atoms with Crippen molar-refractivity contribution in [1.82, 2.24) is 0 Å². The smallest absolute Gasteiger partial charge is 0.303 e. The van der Waals surface area contributed by atoms with Crippen molar-refractivity contribution >= 4 is 54.9 Å². The highest BCUT2D eigenvalue weighted by molar-refractivity contribution is 7.86. The SMILES string of the molecule is CC1(C)C(/C=C/C(Cl)=C/C=C2/Nc3ccc(S(=O)(=O)O)cc3C2(C)C)=[N+](CCCCCC(=O)O)c2ccc(S(=O)(=O)O)cc21. The molecule has 0 spiro atoms. The standard InChI is InChI=1S/C31H35ClN2O8S2/c1-30(2)23-18-21(43(37,38)39)11-13-25(23)33-27(30)15-9-20(32)10-16-28-31(3,4)24-19-22(44(40,41)42)12-14-26(24)34(28)17-7-5-6-8-29(35)36/h9-16,18-19H,5-8,17H2,1-4H3,(H3,35,36,37,38,39,40,41,42)/p+1. The number of nitrogens with zero attached hydrogens (tertiary/aromatic N) is 1. The summed E-state index contributed by atoms with van der Waals surface area (Å²) in [4.78, 5) is 10.5. The predicted molar refractivity (Wildman–Crippen MR) is 169 cm³/mol. The molecule has 0 fully saturated rings. The number of nitrogens with one attached hydrogen (secondary N) is 1. The van der Waals surface area contributed by atoms with Crippen molar-refractivity contribution in [2.45, 2.75) is 74.0 Å². The van der Waals surface area contributed by atoms with E-state index in [2.05, 4.69) is 9.89 Å². The average Bonchev–Trinajstić information content (AvgIpc) is 3.29. The number of aliphatic carboxylic acids is 1. The molecule has 2 aromatic rings. The van der Waals surface area contributed by atoms with Gasteiger partial charge in [-0.3, -0.25) is 13.9 Å². The number of rotatable bonds is 11. The van der Waals surface area contributed by atoms with Gasteiger partial charge in [-0.25, -0.2) is 0 Å². The molecule has 2 aromatic carbocycles. The van der Waals surface area contributed by atoms with Gasteiger partial charge in [-0.2, -0.15) is 21.4 Å². The number of fused-ring (bicyclic) bond motifs is 2. The highest BCUT2D eigenvalue weighted by Gasteiger charge is 2.45. The van der Waals surface area contributed by atoms with E-state index < -0.39 is 37.0 Å². The molecule has 2 aliphatic rings. The minimum atomic E-state index is -4.41. The van der Waals surface area contributed by atoms with Crippen LogP contribution in [-0.4, -0.2) is 53.8 Å². The molecule has 0 radical (unpaired) electrons. The third-order valence-corrected chi connectivity index (χ3v) is 10.1. The number of carboxylic acids is 1. The largest absolute Gasteiger partial charge is 0.481 e. The molecule has 4 N–H and O–H groups in total. The summed E-state index contributed by atoms with van der Waals surface area (Å²) in [7, 11) is -8.76. The molecule has 0 aromatic heterocycles. The molecule has 0 unspecified atom stereocenters. The van der Waals surface area contributed by atoms with Crippen LogP contribution in [0.25, 0.3) is 0 Å². The number of allylic oxidation sites excluding steroid dienone is 6. The minimum Gasteiger partial charge on any atom is -0.481 e. The minimum absolute atomic E-state index is 0.0879. The number of carboxylic acid groups (broad SMARTS) is 1. The van der Waals surface area contributed by atoms with Crippen molar-refractivity contribution in [3.05, 3.63) is 82.6 Å². The number of benzene rings is 2. The first kappa shape index (κ1) is 33.6. The molecule has 236 valence electrons. The molecule has 2 aliphatic heterocycles. The van der Waals surface area contributed by atoms with Gasteiger partial charge in [0.25, 0.3) is 20.2 Å². The summed E-state index contributed by atoms with van der Waals surface area (Å²) in [5.74, 6) is -0.843. The summed E-state index contributed by atoms with van der Waals surface area (Å²) < 4.78 is 68.3. The van der Waals surface area contributed by atoms with E-state index in [0.29, 0.717) is 36.4 Å². The van der Waals surface area contributed by atoms with Crippen molar-refractivity contribution in [1.29, 1.82) is 0 Å². The first-order valence-electron chi connectivity index (χ1n) is 14.0. The molecule has 2 heterocycles. The number of hydrogen-bond donors (Lipinski definition) is 4. The molecule has 0 saturated carbocycles. The maximum atomic E-state index is 11.9. The van der Waals surface area contributed by atoms with E-state index in [0.717, 1.165) is 28.3 Å². The third kappa shape index (κ3) is 7.00. The quantitative estimate of drug-likeness (QED) is 0.0954. The Morgan fingerprint density at radius 1 is 0.909 bits per heavy atom. The normalized spacial score (nSPS) is 18.5. The van der Waals surface area contributed by atoms with Crippen LogP contribution in [-0.2, 0) is 35.9 Å². The van der Waals surface area contributed by atoms with E-state index >= 15 is 0 Å². The lowest BCUT2D eigenvalue weighted by Crippen LogP contribution is -2.28. The summed E-state index contributed by atoms with van der Waals surface area (Å²) in [5, 5.41) is 12.6. The summed E-state index contributed by atoms with van der Waals surface area (Å²) >= 11 is 6.63. The molecular formula is C31H36ClN2O8S2+. The molecular weight excluding hydrogens is 628 g/mol. The Morgan fingerprint density at radius 3 is 2.14 bits per heavy atom. The van der Waals surface area contributed by atoms with E-state index in [9.17, 15) is 30.7 Å². The summed E-state index contributed by atoms with van der Waals surface area (Å²) in [5.41, 5.74) is 3.32. The molecule has 0 aliphatic carbocycles. The number of unbranched alkanes of at least 4 members (excludes halogenated alkanes) is 2. The Labute approximate surface area is 263 Å². The lowest BCUT2D eigenvalue weighted by atomic mass is 9.81. The first-order chi connectivity index (χ1) is 20.3. The fourth-order valence-corrected chi connectivity index (χ4v) is 6.80. The van der Waals surface area contributed by atoms with Gasteiger partial charge in [0.15, 0.2) is 5.71 Å². The van der Waals surface area contributed by atoms with Crippen LogP contribution in [0.15, 0.2) is 81.2 Å². The molecule has 0 saturated heterocycles. The molecule has 0 atom stereocenters. The molecule has 0 bridgehead atoms. The molecule has 44 heavy (non-hydrogen) atoms. The second kappa shape index (κ2) is 12.2. The third-order valence-electron chi connectivity index (χ3n) is 8.15. The number of carbonyl (C=O) groups is 1.